The number of anilines is 1. The molecule has 10 heteroatoms. The van der Waals surface area contributed by atoms with Crippen LogP contribution >= 0.6 is 0 Å². The summed E-state index contributed by atoms with van der Waals surface area (Å²) in [5, 5.41) is 12.0. The Morgan fingerprint density at radius 2 is 1.94 bits per heavy atom. The van der Waals surface area contributed by atoms with Crippen molar-refractivity contribution in [2.24, 2.45) is 0 Å². The molecule has 0 amide bonds. The second-order valence-electron chi connectivity index (χ2n) is 7.61. The molecule has 2 aromatic heterocycles. The number of aryl methyl sites for hydroxylation is 1. The van der Waals surface area contributed by atoms with Crippen LogP contribution in [0.1, 0.15) is 22.3 Å². The third-order valence-electron chi connectivity index (χ3n) is 5.09. The molecule has 0 unspecified atom stereocenters. The minimum absolute atomic E-state index is 0.155. The van der Waals surface area contributed by atoms with E-state index in [2.05, 4.69) is 10.3 Å². The van der Waals surface area contributed by atoms with E-state index in [9.17, 15) is 27.5 Å². The van der Waals surface area contributed by atoms with E-state index in [0.29, 0.717) is 28.2 Å². The number of fused-ring (bicyclic) bond motifs is 1. The third kappa shape index (κ3) is 5.11. The van der Waals surface area contributed by atoms with E-state index in [0.717, 1.165) is 0 Å². The number of aromatic nitrogens is 2. The summed E-state index contributed by atoms with van der Waals surface area (Å²) in [6.07, 6.45) is -2.26. The van der Waals surface area contributed by atoms with Crippen molar-refractivity contribution in [1.82, 2.24) is 9.38 Å². The van der Waals surface area contributed by atoms with Crippen LogP contribution in [0.4, 0.5) is 23.2 Å². The predicted octanol–water partition coefficient (Wildman–Crippen LogP) is 6.30. The lowest BCUT2D eigenvalue weighted by Gasteiger charge is -2.14. The van der Waals surface area contributed by atoms with Gasteiger partial charge in [0.15, 0.2) is 5.65 Å². The van der Waals surface area contributed by atoms with Crippen molar-refractivity contribution in [3.63, 3.8) is 0 Å². The molecule has 2 aromatic carbocycles. The summed E-state index contributed by atoms with van der Waals surface area (Å²) in [7, 11) is 0. The van der Waals surface area contributed by atoms with E-state index in [4.69, 9.17) is 4.74 Å². The number of ether oxygens (including phenoxy) is 1. The Kier molecular flexibility index (Phi) is 6.14. The number of halogens is 4. The second-order valence-corrected chi connectivity index (χ2v) is 7.61. The fraction of sp³-hybridized carbons (Fsp3) is 0.167. The number of benzene rings is 2. The number of pyridine rings is 1. The number of carboxylic acids is 1. The van der Waals surface area contributed by atoms with Gasteiger partial charge in [-0.1, -0.05) is 12.1 Å². The quantitative estimate of drug-likeness (QED) is 0.308. The SMILES string of the molecule is Cc1cc(-c2cnc3c(NCCC(F)(F)F)cc(Oc4cccc(F)c4)cn23)ccc1C(=O)O. The minimum Gasteiger partial charge on any atom is -0.478 e. The van der Waals surface area contributed by atoms with Crippen molar-refractivity contribution in [3.8, 4) is 22.8 Å². The normalized spacial score (nSPS) is 11.6. The number of hydrogen-bond acceptors (Lipinski definition) is 4. The highest BCUT2D eigenvalue weighted by Crippen LogP contribution is 2.32. The minimum atomic E-state index is -4.33. The fourth-order valence-electron chi connectivity index (χ4n) is 3.53. The standard InChI is InChI=1S/C24H19F4N3O3/c1-14-9-15(5-6-19(14)23(32)33)21-12-30-22-20(29-8-7-24(26,27)28)11-18(13-31(21)22)34-17-4-2-3-16(25)10-17/h2-6,9-13,29H,7-8H2,1H3,(H,32,33). The molecule has 34 heavy (non-hydrogen) atoms. The molecule has 2 N–H and O–H groups in total. The van der Waals surface area contributed by atoms with Crippen LogP contribution in [0, 0.1) is 12.7 Å². The Balaban J connectivity index is 1.78. The Morgan fingerprint density at radius 1 is 1.15 bits per heavy atom. The van der Waals surface area contributed by atoms with Gasteiger partial charge in [-0.25, -0.2) is 14.2 Å². The number of nitrogens with zero attached hydrogens (tertiary/aromatic N) is 2. The van der Waals surface area contributed by atoms with E-state index in [1.165, 1.54) is 36.5 Å². The molecule has 0 atom stereocenters. The fourth-order valence-corrected chi connectivity index (χ4v) is 3.53. The molecule has 0 saturated heterocycles. The van der Waals surface area contributed by atoms with Crippen LogP contribution in [0.15, 0.2) is 60.9 Å². The van der Waals surface area contributed by atoms with E-state index >= 15 is 0 Å². The first-order chi connectivity index (χ1) is 16.1. The second kappa shape index (κ2) is 9.05. The summed E-state index contributed by atoms with van der Waals surface area (Å²) in [5.41, 5.74) is 2.56. The average molecular weight is 473 g/mol. The molecule has 0 bridgehead atoms. The van der Waals surface area contributed by atoms with Gasteiger partial charge < -0.3 is 15.2 Å². The van der Waals surface area contributed by atoms with Crippen molar-refractivity contribution in [2.75, 3.05) is 11.9 Å². The van der Waals surface area contributed by atoms with Crippen LogP contribution in [0.3, 0.4) is 0 Å². The maximum atomic E-state index is 13.6. The summed E-state index contributed by atoms with van der Waals surface area (Å²) in [6, 6.07) is 11.7. The zero-order valence-corrected chi connectivity index (χ0v) is 17.9. The van der Waals surface area contributed by atoms with Crippen LogP contribution in [-0.4, -0.2) is 33.2 Å². The summed E-state index contributed by atoms with van der Waals surface area (Å²) in [5.74, 6) is -1.10. The lowest BCUT2D eigenvalue weighted by Crippen LogP contribution is -2.15. The van der Waals surface area contributed by atoms with Gasteiger partial charge in [0.2, 0.25) is 0 Å². The first kappa shape index (κ1) is 23.1. The molecule has 176 valence electrons. The topological polar surface area (TPSA) is 75.9 Å². The van der Waals surface area contributed by atoms with Gasteiger partial charge in [-0.15, -0.1) is 0 Å². The maximum absolute atomic E-state index is 13.6. The number of alkyl halides is 3. The largest absolute Gasteiger partial charge is 0.478 e. The predicted molar refractivity (Wildman–Crippen MR) is 118 cm³/mol. The van der Waals surface area contributed by atoms with Crippen LogP contribution in [0.5, 0.6) is 11.5 Å². The van der Waals surface area contributed by atoms with E-state index in [1.807, 2.05) is 0 Å². The molecule has 0 fully saturated rings. The molecule has 0 radical (unpaired) electrons. The number of hydrogen-bond donors (Lipinski definition) is 2. The maximum Gasteiger partial charge on any atom is 0.390 e. The van der Waals surface area contributed by atoms with Gasteiger partial charge in [0, 0.05) is 24.2 Å². The molecule has 0 saturated carbocycles. The van der Waals surface area contributed by atoms with Crippen LogP contribution in [-0.2, 0) is 0 Å². The molecule has 0 aliphatic heterocycles. The molecular weight excluding hydrogens is 454 g/mol. The zero-order valence-electron chi connectivity index (χ0n) is 17.9. The van der Waals surface area contributed by atoms with Gasteiger partial charge in [0.1, 0.15) is 17.3 Å². The van der Waals surface area contributed by atoms with Crippen molar-refractivity contribution in [1.29, 1.82) is 0 Å². The number of carbonyl (C=O) groups is 1. The van der Waals surface area contributed by atoms with E-state index in [1.54, 1.807) is 35.7 Å². The highest BCUT2D eigenvalue weighted by molar-refractivity contribution is 5.90. The first-order valence-corrected chi connectivity index (χ1v) is 10.2. The smallest absolute Gasteiger partial charge is 0.390 e. The molecule has 2 heterocycles. The lowest BCUT2D eigenvalue weighted by molar-refractivity contribution is -0.131. The highest BCUT2D eigenvalue weighted by atomic mass is 19.4. The van der Waals surface area contributed by atoms with Crippen molar-refractivity contribution < 1.29 is 32.2 Å². The third-order valence-corrected chi connectivity index (χ3v) is 5.09. The summed E-state index contributed by atoms with van der Waals surface area (Å²) in [6.45, 7) is 1.29. The number of aromatic carboxylic acids is 1. The first-order valence-electron chi connectivity index (χ1n) is 10.2. The molecule has 4 aromatic rings. The lowest BCUT2D eigenvalue weighted by atomic mass is 10.0. The van der Waals surface area contributed by atoms with Gasteiger partial charge in [0.05, 0.1) is 35.8 Å². The highest BCUT2D eigenvalue weighted by Gasteiger charge is 2.26. The van der Waals surface area contributed by atoms with Crippen molar-refractivity contribution in [3.05, 3.63) is 77.9 Å². The van der Waals surface area contributed by atoms with Crippen LogP contribution in [0.2, 0.25) is 0 Å². The summed E-state index contributed by atoms with van der Waals surface area (Å²) < 4.78 is 59.0. The zero-order chi connectivity index (χ0) is 24.5. The van der Waals surface area contributed by atoms with Gasteiger partial charge in [-0.2, -0.15) is 13.2 Å². The van der Waals surface area contributed by atoms with Crippen molar-refractivity contribution in [2.45, 2.75) is 19.5 Å². The summed E-state index contributed by atoms with van der Waals surface area (Å²) >= 11 is 0. The number of nitrogens with one attached hydrogen (secondary N) is 1. The molecule has 0 aliphatic carbocycles. The van der Waals surface area contributed by atoms with Gasteiger partial charge >= 0.3 is 12.1 Å². The Bertz CT molecular complexity index is 1370. The average Bonchev–Trinajstić information content (AvgIpc) is 3.16. The molecule has 6 nitrogen and oxygen atoms in total. The van der Waals surface area contributed by atoms with Crippen LogP contribution < -0.4 is 10.1 Å². The van der Waals surface area contributed by atoms with Gasteiger partial charge in [-0.3, -0.25) is 4.40 Å². The number of carboxylic acid groups (broad SMARTS) is 1. The summed E-state index contributed by atoms with van der Waals surface area (Å²) in [4.78, 5) is 15.7. The Hall–Kier alpha value is -4.08. The molecule has 0 spiro atoms. The Labute approximate surface area is 191 Å². The van der Waals surface area contributed by atoms with Gasteiger partial charge in [0.25, 0.3) is 0 Å². The van der Waals surface area contributed by atoms with Crippen molar-refractivity contribution >= 4 is 17.3 Å². The molecule has 0 aliphatic rings. The molecular formula is C24H19F4N3O3. The number of imidazole rings is 1. The van der Waals surface area contributed by atoms with Gasteiger partial charge in [-0.05, 0) is 36.8 Å². The van der Waals surface area contributed by atoms with Crippen LogP contribution in [0.25, 0.3) is 16.9 Å². The molecule has 4 rings (SSSR count). The Morgan fingerprint density at radius 3 is 2.62 bits per heavy atom. The van der Waals surface area contributed by atoms with E-state index < -0.39 is 24.4 Å². The van der Waals surface area contributed by atoms with E-state index in [-0.39, 0.29) is 23.6 Å². The number of rotatable bonds is 7. The monoisotopic (exact) mass is 473 g/mol.